The summed E-state index contributed by atoms with van der Waals surface area (Å²) in [5, 5.41) is 4.60. The van der Waals surface area contributed by atoms with Crippen LogP contribution < -0.4 is 0 Å². The van der Waals surface area contributed by atoms with Crippen LogP contribution in [-0.4, -0.2) is 57.6 Å². The van der Waals surface area contributed by atoms with Crippen LogP contribution in [0.1, 0.15) is 51.7 Å². The van der Waals surface area contributed by atoms with E-state index in [2.05, 4.69) is 5.10 Å². The van der Waals surface area contributed by atoms with E-state index in [0.29, 0.717) is 31.7 Å². The lowest BCUT2D eigenvalue weighted by atomic mass is 10.0. The number of carbonyl (C=O) groups excluding carboxylic acids is 2. The van der Waals surface area contributed by atoms with Crippen LogP contribution in [0.2, 0.25) is 5.02 Å². The second-order valence-corrected chi connectivity index (χ2v) is 8.96. The molecule has 0 aliphatic carbocycles. The Bertz CT molecular complexity index is 1180. The fourth-order valence-corrected chi connectivity index (χ4v) is 4.33. The Balaban J connectivity index is 1.50. The second kappa shape index (κ2) is 9.35. The van der Waals surface area contributed by atoms with Gasteiger partial charge in [0.05, 0.1) is 33.7 Å². The van der Waals surface area contributed by atoms with Crippen molar-refractivity contribution in [2.75, 3.05) is 26.2 Å². The quantitative estimate of drug-likeness (QED) is 0.558. The summed E-state index contributed by atoms with van der Waals surface area (Å²) in [5.74, 6) is -0.749. The molecule has 0 unspecified atom stereocenters. The lowest BCUT2D eigenvalue weighted by Crippen LogP contribution is -2.50. The second-order valence-electron chi connectivity index (χ2n) is 8.55. The maximum absolute atomic E-state index is 13.4. The fraction of sp³-hybridized carbons (Fsp3) is 0.320. The number of rotatable bonds is 4. The molecular weight excluding hydrogens is 443 g/mol. The van der Waals surface area contributed by atoms with Gasteiger partial charge in [0.15, 0.2) is 0 Å². The zero-order valence-electron chi connectivity index (χ0n) is 18.9. The molecule has 1 aliphatic rings. The van der Waals surface area contributed by atoms with Crippen molar-refractivity contribution in [3.63, 3.8) is 0 Å². The Morgan fingerprint density at radius 1 is 0.939 bits per heavy atom. The number of halogens is 2. The monoisotopic (exact) mass is 468 g/mol. The topological polar surface area (TPSA) is 58.4 Å². The average molecular weight is 469 g/mol. The maximum Gasteiger partial charge on any atom is 0.257 e. The highest BCUT2D eigenvalue weighted by Crippen LogP contribution is 2.25. The SMILES string of the molecule is Cc1ccc(-n2ncc(C(=O)N3CCN(C(=O)c4ccc(F)cc4Cl)CC3)c2C(C)C)cc1. The molecular formula is C25H26ClFN4O2. The van der Waals surface area contributed by atoms with Crippen molar-refractivity contribution in [3.05, 3.63) is 81.9 Å². The van der Waals surface area contributed by atoms with Gasteiger partial charge in [-0.05, 0) is 43.2 Å². The first kappa shape index (κ1) is 23.0. The number of nitrogens with zero attached hydrogens (tertiary/aromatic N) is 4. The Labute approximate surface area is 197 Å². The maximum atomic E-state index is 13.4. The highest BCUT2D eigenvalue weighted by Gasteiger charge is 2.29. The van der Waals surface area contributed by atoms with Crippen LogP contribution in [0.5, 0.6) is 0 Å². The summed E-state index contributed by atoms with van der Waals surface area (Å²) in [6.45, 7) is 7.67. The van der Waals surface area contributed by atoms with E-state index in [1.807, 2.05) is 49.7 Å². The number of hydrogen-bond donors (Lipinski definition) is 0. The van der Waals surface area contributed by atoms with Crippen LogP contribution in [0, 0.1) is 12.7 Å². The molecule has 2 aromatic carbocycles. The summed E-state index contributed by atoms with van der Waals surface area (Å²) in [6, 6.07) is 11.8. The summed E-state index contributed by atoms with van der Waals surface area (Å²) < 4.78 is 15.1. The zero-order valence-corrected chi connectivity index (χ0v) is 19.6. The molecule has 2 amide bonds. The van der Waals surface area contributed by atoms with Gasteiger partial charge in [-0.3, -0.25) is 9.59 Å². The third-order valence-corrected chi connectivity index (χ3v) is 6.19. The molecule has 6 nitrogen and oxygen atoms in total. The lowest BCUT2D eigenvalue weighted by molar-refractivity contribution is 0.0534. The molecule has 1 fully saturated rings. The van der Waals surface area contributed by atoms with Gasteiger partial charge in [-0.1, -0.05) is 43.1 Å². The third-order valence-electron chi connectivity index (χ3n) is 5.88. The Hall–Kier alpha value is -3.19. The Morgan fingerprint density at radius 3 is 2.06 bits per heavy atom. The first-order chi connectivity index (χ1) is 15.8. The highest BCUT2D eigenvalue weighted by atomic mass is 35.5. The summed E-state index contributed by atoms with van der Waals surface area (Å²) in [6.07, 6.45) is 1.63. The number of carbonyl (C=O) groups is 2. The normalized spacial score (nSPS) is 14.1. The summed E-state index contributed by atoms with van der Waals surface area (Å²) >= 11 is 6.05. The predicted molar refractivity (Wildman–Crippen MR) is 126 cm³/mol. The van der Waals surface area contributed by atoms with E-state index in [1.54, 1.807) is 16.0 Å². The number of aromatic nitrogens is 2. The molecule has 3 aromatic rings. The van der Waals surface area contributed by atoms with E-state index in [9.17, 15) is 14.0 Å². The standard InChI is InChI=1S/C25H26ClFN4O2/c1-16(2)23-21(15-28-31(23)19-7-4-17(3)5-8-19)25(33)30-12-10-29(11-13-30)24(32)20-9-6-18(27)14-22(20)26/h4-9,14-16H,10-13H2,1-3H3. The zero-order chi connectivity index (χ0) is 23.7. The molecule has 0 N–H and O–H groups in total. The summed E-state index contributed by atoms with van der Waals surface area (Å²) in [7, 11) is 0. The molecule has 1 saturated heterocycles. The first-order valence-corrected chi connectivity index (χ1v) is 11.3. The Morgan fingerprint density at radius 2 is 1.52 bits per heavy atom. The molecule has 4 rings (SSSR count). The smallest absolute Gasteiger partial charge is 0.257 e. The minimum Gasteiger partial charge on any atom is -0.335 e. The van der Waals surface area contributed by atoms with Gasteiger partial charge in [-0.15, -0.1) is 0 Å². The third kappa shape index (κ3) is 4.64. The van der Waals surface area contributed by atoms with Gasteiger partial charge in [0.25, 0.3) is 11.8 Å². The molecule has 1 aromatic heterocycles. The minimum atomic E-state index is -0.487. The van der Waals surface area contributed by atoms with Gasteiger partial charge in [0.1, 0.15) is 5.82 Å². The molecule has 8 heteroatoms. The summed E-state index contributed by atoms with van der Waals surface area (Å²) in [5.41, 5.74) is 3.77. The highest BCUT2D eigenvalue weighted by molar-refractivity contribution is 6.33. The van der Waals surface area contributed by atoms with Gasteiger partial charge in [-0.2, -0.15) is 5.10 Å². The van der Waals surface area contributed by atoms with Crippen LogP contribution in [0.3, 0.4) is 0 Å². The van der Waals surface area contributed by atoms with Crippen molar-refractivity contribution in [1.82, 2.24) is 19.6 Å². The van der Waals surface area contributed by atoms with E-state index < -0.39 is 5.82 Å². The molecule has 0 bridgehead atoms. The van der Waals surface area contributed by atoms with E-state index >= 15 is 0 Å². The van der Waals surface area contributed by atoms with Crippen molar-refractivity contribution in [2.24, 2.45) is 0 Å². The molecule has 0 saturated carbocycles. The van der Waals surface area contributed by atoms with E-state index in [4.69, 9.17) is 11.6 Å². The van der Waals surface area contributed by atoms with Gasteiger partial charge < -0.3 is 9.80 Å². The van der Waals surface area contributed by atoms with E-state index in [-0.39, 0.29) is 28.3 Å². The van der Waals surface area contributed by atoms with Crippen LogP contribution in [0.15, 0.2) is 48.7 Å². The van der Waals surface area contributed by atoms with Crippen molar-refractivity contribution < 1.29 is 14.0 Å². The van der Waals surface area contributed by atoms with Crippen molar-refractivity contribution >= 4 is 23.4 Å². The van der Waals surface area contributed by atoms with Crippen LogP contribution in [0.4, 0.5) is 4.39 Å². The first-order valence-electron chi connectivity index (χ1n) is 10.9. The lowest BCUT2D eigenvalue weighted by Gasteiger charge is -2.35. The van der Waals surface area contributed by atoms with E-state index in [1.165, 1.54) is 12.1 Å². The number of aryl methyl sites for hydroxylation is 1. The molecule has 0 atom stereocenters. The van der Waals surface area contributed by atoms with Crippen LogP contribution in [-0.2, 0) is 0 Å². The molecule has 0 spiro atoms. The number of amides is 2. The van der Waals surface area contributed by atoms with Crippen molar-refractivity contribution in [3.8, 4) is 5.69 Å². The summed E-state index contributed by atoms with van der Waals surface area (Å²) in [4.78, 5) is 29.6. The van der Waals surface area contributed by atoms with Gasteiger partial charge >= 0.3 is 0 Å². The minimum absolute atomic E-state index is 0.0867. The molecule has 33 heavy (non-hydrogen) atoms. The predicted octanol–water partition coefficient (Wildman–Crippen LogP) is 4.69. The molecule has 1 aliphatic heterocycles. The van der Waals surface area contributed by atoms with Gasteiger partial charge in [0.2, 0.25) is 0 Å². The van der Waals surface area contributed by atoms with Crippen LogP contribution in [0.25, 0.3) is 5.69 Å². The van der Waals surface area contributed by atoms with Crippen molar-refractivity contribution in [2.45, 2.75) is 26.7 Å². The van der Waals surface area contributed by atoms with Crippen LogP contribution >= 0.6 is 11.6 Å². The fourth-order valence-electron chi connectivity index (χ4n) is 4.09. The Kier molecular flexibility index (Phi) is 6.51. The number of hydrogen-bond acceptors (Lipinski definition) is 3. The largest absolute Gasteiger partial charge is 0.335 e. The van der Waals surface area contributed by atoms with Crippen molar-refractivity contribution in [1.29, 1.82) is 0 Å². The van der Waals surface area contributed by atoms with E-state index in [0.717, 1.165) is 23.0 Å². The van der Waals surface area contributed by atoms with Gasteiger partial charge in [-0.25, -0.2) is 9.07 Å². The average Bonchev–Trinajstić information content (AvgIpc) is 3.24. The molecule has 2 heterocycles. The number of benzene rings is 2. The molecule has 172 valence electrons. The molecule has 0 radical (unpaired) electrons. The number of piperazine rings is 1. The van der Waals surface area contributed by atoms with Gasteiger partial charge in [0, 0.05) is 26.2 Å².